The molecule has 1 fully saturated rings. The molecule has 0 spiro atoms. The zero-order valence-corrected chi connectivity index (χ0v) is 12.0. The quantitative estimate of drug-likeness (QED) is 0.591. The van der Waals surface area contributed by atoms with Gasteiger partial charge in [0.25, 0.3) is 0 Å². The van der Waals surface area contributed by atoms with Gasteiger partial charge in [0.05, 0.1) is 0 Å². The third-order valence-electron chi connectivity index (χ3n) is 3.79. The lowest BCUT2D eigenvalue weighted by Gasteiger charge is -2.30. The summed E-state index contributed by atoms with van der Waals surface area (Å²) < 4.78 is 0. The van der Waals surface area contributed by atoms with E-state index in [-0.39, 0.29) is 6.61 Å². The predicted molar refractivity (Wildman–Crippen MR) is 74.6 cm³/mol. The number of aliphatic hydroxyl groups is 1. The summed E-state index contributed by atoms with van der Waals surface area (Å²) in [6, 6.07) is 0. The minimum atomic E-state index is 0.258. The second-order valence-corrected chi connectivity index (χ2v) is 6.62. The van der Waals surface area contributed by atoms with Gasteiger partial charge in [-0.05, 0) is 42.9 Å². The Morgan fingerprint density at radius 2 is 1.81 bits per heavy atom. The van der Waals surface area contributed by atoms with Crippen molar-refractivity contribution < 1.29 is 5.11 Å². The van der Waals surface area contributed by atoms with Crippen LogP contribution in [0.25, 0.3) is 0 Å². The van der Waals surface area contributed by atoms with Crippen molar-refractivity contribution >= 4 is 9.24 Å². The molecule has 1 N–H and O–H groups in total. The monoisotopic (exact) mass is 242 g/mol. The molecule has 0 bridgehead atoms. The van der Waals surface area contributed by atoms with Crippen molar-refractivity contribution in [1.29, 1.82) is 0 Å². The van der Waals surface area contributed by atoms with E-state index < -0.39 is 0 Å². The average molecular weight is 242 g/mol. The SMILES string of the molecule is C[C@@H]1CC(/C=C\[C@@H](C)[C@@H](P)CO)C[C@H](C)C1. The van der Waals surface area contributed by atoms with Crippen LogP contribution in [-0.2, 0) is 0 Å². The maximum Gasteiger partial charge on any atom is 0.0499 e. The van der Waals surface area contributed by atoms with E-state index in [1.54, 1.807) is 0 Å². The second-order valence-electron chi connectivity index (χ2n) is 5.77. The van der Waals surface area contributed by atoms with Crippen LogP contribution in [0.1, 0.15) is 40.0 Å². The van der Waals surface area contributed by atoms with E-state index in [0.29, 0.717) is 11.6 Å². The predicted octanol–water partition coefficient (Wildman–Crippen LogP) is 3.49. The van der Waals surface area contributed by atoms with Crippen molar-refractivity contribution in [3.8, 4) is 0 Å². The van der Waals surface area contributed by atoms with Crippen molar-refractivity contribution in [2.45, 2.75) is 45.7 Å². The zero-order valence-electron chi connectivity index (χ0n) is 10.9. The lowest BCUT2D eigenvalue weighted by Crippen LogP contribution is -2.19. The molecule has 1 saturated carbocycles. The van der Waals surface area contributed by atoms with Crippen LogP contribution in [0.15, 0.2) is 12.2 Å². The molecule has 0 aromatic heterocycles. The van der Waals surface area contributed by atoms with Crippen LogP contribution in [0.2, 0.25) is 0 Å². The fraction of sp³-hybridized carbons (Fsp3) is 0.857. The van der Waals surface area contributed by atoms with E-state index >= 15 is 0 Å². The molecule has 16 heavy (non-hydrogen) atoms. The van der Waals surface area contributed by atoms with Crippen LogP contribution >= 0.6 is 9.24 Å². The molecule has 1 aliphatic carbocycles. The van der Waals surface area contributed by atoms with Crippen molar-refractivity contribution in [3.05, 3.63) is 12.2 Å². The lowest BCUT2D eigenvalue weighted by atomic mass is 9.76. The molecule has 0 aromatic carbocycles. The maximum absolute atomic E-state index is 9.07. The van der Waals surface area contributed by atoms with Crippen LogP contribution in [0, 0.1) is 23.7 Å². The number of allylic oxidation sites excluding steroid dienone is 2. The van der Waals surface area contributed by atoms with Crippen LogP contribution in [0.3, 0.4) is 0 Å². The molecule has 2 heteroatoms. The van der Waals surface area contributed by atoms with Crippen LogP contribution in [0.4, 0.5) is 0 Å². The molecule has 0 aromatic rings. The van der Waals surface area contributed by atoms with Gasteiger partial charge in [0.15, 0.2) is 0 Å². The highest BCUT2D eigenvalue weighted by atomic mass is 31.0. The highest BCUT2D eigenvalue weighted by molar-refractivity contribution is 7.17. The highest BCUT2D eigenvalue weighted by Gasteiger charge is 2.22. The van der Waals surface area contributed by atoms with Gasteiger partial charge in [-0.15, -0.1) is 9.24 Å². The molecule has 94 valence electrons. The summed E-state index contributed by atoms with van der Waals surface area (Å²) in [6.07, 6.45) is 8.76. The fourth-order valence-corrected chi connectivity index (χ4v) is 2.94. The average Bonchev–Trinajstić information content (AvgIpc) is 2.23. The number of rotatable bonds is 4. The number of hydrogen-bond acceptors (Lipinski definition) is 1. The summed E-state index contributed by atoms with van der Waals surface area (Å²) in [4.78, 5) is 0. The van der Waals surface area contributed by atoms with Crippen LogP contribution in [0.5, 0.6) is 0 Å². The lowest BCUT2D eigenvalue weighted by molar-refractivity contribution is 0.251. The van der Waals surface area contributed by atoms with Gasteiger partial charge in [0.1, 0.15) is 0 Å². The van der Waals surface area contributed by atoms with E-state index in [1.807, 2.05) is 0 Å². The van der Waals surface area contributed by atoms with E-state index in [2.05, 4.69) is 42.2 Å². The van der Waals surface area contributed by atoms with Gasteiger partial charge < -0.3 is 5.11 Å². The first-order valence-electron chi connectivity index (χ1n) is 6.57. The van der Waals surface area contributed by atoms with E-state index in [0.717, 1.165) is 17.8 Å². The summed E-state index contributed by atoms with van der Waals surface area (Å²) in [5.74, 6) is 2.97. The fourth-order valence-electron chi connectivity index (χ4n) is 2.81. The first-order chi connectivity index (χ1) is 7.52. The molecule has 1 rings (SSSR count). The zero-order chi connectivity index (χ0) is 12.1. The normalized spacial score (nSPS) is 35.2. The van der Waals surface area contributed by atoms with Crippen molar-refractivity contribution in [3.63, 3.8) is 0 Å². The third kappa shape index (κ3) is 4.55. The van der Waals surface area contributed by atoms with Gasteiger partial charge in [-0.3, -0.25) is 0 Å². The van der Waals surface area contributed by atoms with Gasteiger partial charge in [-0.25, -0.2) is 0 Å². The van der Waals surface area contributed by atoms with Crippen molar-refractivity contribution in [2.24, 2.45) is 23.7 Å². The number of aliphatic hydroxyl groups excluding tert-OH is 1. The molecule has 1 nitrogen and oxygen atoms in total. The molecular formula is C14H27OP. The second kappa shape index (κ2) is 6.77. The Balaban J connectivity index is 2.43. The Labute approximate surface area is 103 Å². The summed E-state index contributed by atoms with van der Waals surface area (Å²) in [6.45, 7) is 7.17. The molecule has 6 atom stereocenters. The molecule has 0 aliphatic heterocycles. The smallest absolute Gasteiger partial charge is 0.0499 e. The van der Waals surface area contributed by atoms with Gasteiger partial charge in [0, 0.05) is 12.3 Å². The summed E-state index contributed by atoms with van der Waals surface area (Å²) in [5.41, 5.74) is 0.301. The molecule has 2 unspecified atom stereocenters. The first-order valence-corrected chi connectivity index (χ1v) is 7.24. The molecule has 0 amide bonds. The largest absolute Gasteiger partial charge is 0.396 e. The minimum Gasteiger partial charge on any atom is -0.396 e. The van der Waals surface area contributed by atoms with Gasteiger partial charge in [0.2, 0.25) is 0 Å². The minimum absolute atomic E-state index is 0.258. The molecule has 0 radical (unpaired) electrons. The van der Waals surface area contributed by atoms with Gasteiger partial charge >= 0.3 is 0 Å². The Morgan fingerprint density at radius 1 is 1.25 bits per heavy atom. The van der Waals surface area contributed by atoms with Gasteiger partial charge in [-0.2, -0.15) is 0 Å². The Kier molecular flexibility index (Phi) is 6.00. The topological polar surface area (TPSA) is 20.2 Å². The Hall–Kier alpha value is 0.130. The van der Waals surface area contributed by atoms with Crippen molar-refractivity contribution in [2.75, 3.05) is 6.61 Å². The molecule has 0 saturated heterocycles. The van der Waals surface area contributed by atoms with Crippen molar-refractivity contribution in [1.82, 2.24) is 0 Å². The summed E-state index contributed by atoms with van der Waals surface area (Å²) in [7, 11) is 2.72. The first kappa shape index (κ1) is 14.2. The van der Waals surface area contributed by atoms with Crippen LogP contribution in [-0.4, -0.2) is 17.4 Å². The Morgan fingerprint density at radius 3 is 2.31 bits per heavy atom. The standard InChI is InChI=1S/C14H27OP/c1-10-6-11(2)8-13(7-10)5-4-12(3)14(16)9-15/h4-5,10-15H,6-9,16H2,1-3H3/b5-4-/t10-,11+,12-,13?,14+/m1/s1. The van der Waals surface area contributed by atoms with E-state index in [9.17, 15) is 0 Å². The number of hydrogen-bond donors (Lipinski definition) is 1. The van der Waals surface area contributed by atoms with E-state index in [4.69, 9.17) is 5.11 Å². The summed E-state index contributed by atoms with van der Waals surface area (Å²) in [5, 5.41) is 9.07. The third-order valence-corrected chi connectivity index (χ3v) is 4.61. The summed E-state index contributed by atoms with van der Waals surface area (Å²) >= 11 is 0. The molecule has 0 heterocycles. The molecule has 1 aliphatic rings. The Bertz CT molecular complexity index is 217. The van der Waals surface area contributed by atoms with Gasteiger partial charge in [-0.1, -0.05) is 32.9 Å². The van der Waals surface area contributed by atoms with Crippen LogP contribution < -0.4 is 0 Å². The van der Waals surface area contributed by atoms with E-state index in [1.165, 1.54) is 19.3 Å². The maximum atomic E-state index is 9.07. The molecular weight excluding hydrogens is 215 g/mol. The highest BCUT2D eigenvalue weighted by Crippen LogP contribution is 2.33.